The highest BCUT2D eigenvalue weighted by atomic mass is 32.2. The minimum Gasteiger partial charge on any atom is -0.356 e. The summed E-state index contributed by atoms with van der Waals surface area (Å²) in [5, 5.41) is 2.76. The van der Waals surface area contributed by atoms with E-state index in [0.717, 1.165) is 11.1 Å². The number of nitrogens with zero attached hydrogens (tertiary/aromatic N) is 1. The van der Waals surface area contributed by atoms with Gasteiger partial charge in [-0.2, -0.15) is 0 Å². The second-order valence-corrected chi connectivity index (χ2v) is 7.45. The van der Waals surface area contributed by atoms with E-state index in [-0.39, 0.29) is 17.6 Å². The number of amides is 1. The van der Waals surface area contributed by atoms with Crippen molar-refractivity contribution in [3.05, 3.63) is 35.4 Å². The molecule has 1 aromatic carbocycles. The monoisotopic (exact) mass is 310 g/mol. The Hall–Kier alpha value is -1.40. The highest BCUT2D eigenvalue weighted by Gasteiger charge is 2.34. The van der Waals surface area contributed by atoms with Crippen molar-refractivity contribution >= 4 is 15.9 Å². The maximum Gasteiger partial charge on any atom is 0.224 e. The molecule has 1 aromatic rings. The van der Waals surface area contributed by atoms with E-state index in [2.05, 4.69) is 5.32 Å². The first kappa shape index (κ1) is 16.0. The fraction of sp³-hybridized carbons (Fsp3) is 0.533. The molecule has 1 atom stereocenters. The summed E-state index contributed by atoms with van der Waals surface area (Å²) >= 11 is 0. The molecule has 0 spiro atoms. The highest BCUT2D eigenvalue weighted by Crippen LogP contribution is 2.22. The van der Waals surface area contributed by atoms with Crippen LogP contribution < -0.4 is 5.32 Å². The van der Waals surface area contributed by atoms with Crippen molar-refractivity contribution < 1.29 is 13.2 Å². The van der Waals surface area contributed by atoms with Crippen molar-refractivity contribution in [2.45, 2.75) is 26.0 Å². The Balaban J connectivity index is 2.03. The van der Waals surface area contributed by atoms with E-state index in [1.807, 2.05) is 38.1 Å². The molecule has 1 aliphatic heterocycles. The van der Waals surface area contributed by atoms with Crippen molar-refractivity contribution in [3.8, 4) is 0 Å². The molecular formula is C15H22N2O3S. The smallest absolute Gasteiger partial charge is 0.224 e. The molecule has 1 N–H and O–H groups in total. The molecule has 116 valence electrons. The van der Waals surface area contributed by atoms with Gasteiger partial charge < -0.3 is 5.32 Å². The second-order valence-electron chi connectivity index (χ2n) is 5.48. The first-order valence-electron chi connectivity index (χ1n) is 7.23. The number of sulfonamides is 1. The van der Waals surface area contributed by atoms with E-state index in [1.54, 1.807) is 0 Å². The Labute approximate surface area is 126 Å². The Bertz CT molecular complexity index is 613. The number of aryl methyl sites for hydroxylation is 1. The molecule has 1 heterocycles. The van der Waals surface area contributed by atoms with Crippen molar-refractivity contribution in [1.29, 1.82) is 0 Å². The summed E-state index contributed by atoms with van der Waals surface area (Å²) in [6.45, 7) is 5.09. The molecule has 2 rings (SSSR count). The number of benzene rings is 1. The molecule has 0 saturated carbocycles. The van der Waals surface area contributed by atoms with Gasteiger partial charge in [0.15, 0.2) is 0 Å². The van der Waals surface area contributed by atoms with Crippen LogP contribution in [-0.4, -0.2) is 38.3 Å². The molecule has 1 unspecified atom stereocenters. The van der Waals surface area contributed by atoms with Crippen LogP contribution in [0.25, 0.3) is 0 Å². The van der Waals surface area contributed by atoms with Gasteiger partial charge in [0.05, 0.1) is 11.7 Å². The predicted octanol–water partition coefficient (Wildman–Crippen LogP) is 1.28. The average molecular weight is 310 g/mol. The normalized spacial score (nSPS) is 19.6. The number of rotatable bonds is 5. The van der Waals surface area contributed by atoms with Crippen LogP contribution in [0.1, 0.15) is 24.5 Å². The van der Waals surface area contributed by atoms with Crippen molar-refractivity contribution in [3.63, 3.8) is 0 Å². The van der Waals surface area contributed by atoms with E-state index in [4.69, 9.17) is 0 Å². The molecule has 1 amide bonds. The van der Waals surface area contributed by atoms with E-state index < -0.39 is 10.0 Å². The zero-order chi connectivity index (χ0) is 15.5. The summed E-state index contributed by atoms with van der Waals surface area (Å²) in [6, 6.07) is 7.51. The summed E-state index contributed by atoms with van der Waals surface area (Å²) < 4.78 is 26.3. The van der Waals surface area contributed by atoms with Gasteiger partial charge in [-0.25, -0.2) is 12.7 Å². The molecule has 5 nitrogen and oxygen atoms in total. The van der Waals surface area contributed by atoms with Gasteiger partial charge >= 0.3 is 0 Å². The minimum atomic E-state index is -3.36. The number of hydrogen-bond acceptors (Lipinski definition) is 3. The maximum atomic E-state index is 12.4. The van der Waals surface area contributed by atoms with E-state index in [1.165, 1.54) is 4.31 Å². The molecule has 0 aromatic heterocycles. The Morgan fingerprint density at radius 2 is 2.19 bits per heavy atom. The average Bonchev–Trinajstić information content (AvgIpc) is 2.89. The van der Waals surface area contributed by atoms with Crippen LogP contribution in [0, 0.1) is 12.8 Å². The van der Waals surface area contributed by atoms with Gasteiger partial charge in [-0.1, -0.05) is 29.8 Å². The Morgan fingerprint density at radius 3 is 2.86 bits per heavy atom. The van der Waals surface area contributed by atoms with Gasteiger partial charge in [-0.05, 0) is 25.8 Å². The number of hydrogen-bond donors (Lipinski definition) is 1. The third kappa shape index (κ3) is 4.04. The number of carbonyl (C=O) groups excluding carboxylic acids is 1. The van der Waals surface area contributed by atoms with Gasteiger partial charge in [0, 0.05) is 19.6 Å². The highest BCUT2D eigenvalue weighted by molar-refractivity contribution is 7.88. The third-order valence-electron chi connectivity index (χ3n) is 3.70. The van der Waals surface area contributed by atoms with Crippen LogP contribution in [0.4, 0.5) is 0 Å². The second kappa shape index (κ2) is 6.58. The summed E-state index contributed by atoms with van der Waals surface area (Å²) in [6.07, 6.45) is 0.596. The summed E-state index contributed by atoms with van der Waals surface area (Å²) in [5.41, 5.74) is 1.83. The zero-order valence-electron chi connectivity index (χ0n) is 12.5. The minimum absolute atomic E-state index is 0.00318. The Kier molecular flexibility index (Phi) is 5.00. The molecule has 0 aliphatic carbocycles. The summed E-state index contributed by atoms with van der Waals surface area (Å²) in [5.74, 6) is -0.278. The quantitative estimate of drug-likeness (QED) is 0.891. The van der Waals surface area contributed by atoms with Crippen LogP contribution in [0.3, 0.4) is 0 Å². The molecule has 1 fully saturated rings. The van der Waals surface area contributed by atoms with Crippen molar-refractivity contribution in [1.82, 2.24) is 9.62 Å². The Morgan fingerprint density at radius 1 is 1.43 bits per heavy atom. The molecular weight excluding hydrogens is 288 g/mol. The molecule has 0 bridgehead atoms. The van der Waals surface area contributed by atoms with Crippen LogP contribution >= 0.6 is 0 Å². The van der Waals surface area contributed by atoms with Crippen LogP contribution in [0.2, 0.25) is 0 Å². The molecule has 0 radical (unpaired) electrons. The van der Waals surface area contributed by atoms with E-state index >= 15 is 0 Å². The van der Waals surface area contributed by atoms with Gasteiger partial charge in [-0.15, -0.1) is 0 Å². The van der Waals surface area contributed by atoms with E-state index in [0.29, 0.717) is 26.1 Å². The number of carbonyl (C=O) groups is 1. The van der Waals surface area contributed by atoms with Gasteiger partial charge in [0.25, 0.3) is 0 Å². The maximum absolute atomic E-state index is 12.4. The first-order chi connectivity index (χ1) is 9.92. The van der Waals surface area contributed by atoms with Crippen molar-refractivity contribution in [2.75, 3.05) is 19.6 Å². The SMILES string of the molecule is CCNC(=O)C1CCN(S(=O)(=O)Cc2cccc(C)c2)C1. The topological polar surface area (TPSA) is 66.5 Å². The lowest BCUT2D eigenvalue weighted by Gasteiger charge is -2.16. The van der Waals surface area contributed by atoms with Crippen molar-refractivity contribution in [2.24, 2.45) is 5.92 Å². The largest absolute Gasteiger partial charge is 0.356 e. The van der Waals surface area contributed by atoms with Gasteiger partial charge in [0.1, 0.15) is 0 Å². The molecule has 21 heavy (non-hydrogen) atoms. The number of nitrogens with one attached hydrogen (secondary N) is 1. The van der Waals surface area contributed by atoms with Gasteiger partial charge in [0.2, 0.25) is 15.9 Å². The first-order valence-corrected chi connectivity index (χ1v) is 8.84. The van der Waals surface area contributed by atoms with Crippen LogP contribution in [0.15, 0.2) is 24.3 Å². The predicted molar refractivity (Wildman–Crippen MR) is 82.2 cm³/mol. The lowest BCUT2D eigenvalue weighted by molar-refractivity contribution is -0.124. The summed E-state index contributed by atoms with van der Waals surface area (Å²) in [4.78, 5) is 11.8. The van der Waals surface area contributed by atoms with Gasteiger partial charge in [-0.3, -0.25) is 4.79 Å². The van der Waals surface area contributed by atoms with Crippen LogP contribution in [0.5, 0.6) is 0 Å². The fourth-order valence-corrected chi connectivity index (χ4v) is 4.19. The molecule has 1 saturated heterocycles. The fourth-order valence-electron chi connectivity index (χ4n) is 2.62. The summed E-state index contributed by atoms with van der Waals surface area (Å²) in [7, 11) is -3.36. The van der Waals surface area contributed by atoms with E-state index in [9.17, 15) is 13.2 Å². The standard InChI is InChI=1S/C15H22N2O3S/c1-3-16-15(18)14-7-8-17(10-14)21(19,20)11-13-6-4-5-12(2)9-13/h4-6,9,14H,3,7-8,10-11H2,1-2H3,(H,16,18). The third-order valence-corrected chi connectivity index (χ3v) is 5.51. The lowest BCUT2D eigenvalue weighted by atomic mass is 10.1. The lowest BCUT2D eigenvalue weighted by Crippen LogP contribution is -2.35. The van der Waals surface area contributed by atoms with Crippen LogP contribution in [-0.2, 0) is 20.6 Å². The molecule has 6 heteroatoms. The zero-order valence-corrected chi connectivity index (χ0v) is 13.3. The molecule has 1 aliphatic rings.